The Kier molecular flexibility index (Phi) is 2.48. The maximum absolute atomic E-state index is 10.3. The van der Waals surface area contributed by atoms with Crippen molar-refractivity contribution in [2.24, 2.45) is 0 Å². The van der Waals surface area contributed by atoms with Crippen LogP contribution in [-0.2, 0) is 0 Å². The highest BCUT2D eigenvalue weighted by molar-refractivity contribution is 7.98. The average molecular weight is 168 g/mol. The number of thioether (sulfide) groups is 1. The molecule has 0 bridgehead atoms. The van der Waals surface area contributed by atoms with Gasteiger partial charge >= 0.3 is 0 Å². The van der Waals surface area contributed by atoms with Crippen LogP contribution in [0.3, 0.4) is 0 Å². The zero-order valence-electron chi connectivity index (χ0n) is 6.07. The molecule has 0 aliphatic rings. The van der Waals surface area contributed by atoms with Gasteiger partial charge in [-0.2, -0.15) is 0 Å². The summed E-state index contributed by atoms with van der Waals surface area (Å²) in [6.07, 6.45) is 4.09. The van der Waals surface area contributed by atoms with Gasteiger partial charge in [0, 0.05) is 11.9 Å². The fraction of sp³-hybridized carbons (Fsp3) is 0.143. The van der Waals surface area contributed by atoms with E-state index in [0.29, 0.717) is 17.5 Å². The molecular formula is C7H8N2OS. The topological polar surface area (TPSA) is 56.0 Å². The first kappa shape index (κ1) is 8.07. The number of anilines is 1. The van der Waals surface area contributed by atoms with Gasteiger partial charge in [-0.15, -0.1) is 11.8 Å². The number of hydrogen-bond donors (Lipinski definition) is 1. The number of nitrogens with zero attached hydrogens (tertiary/aromatic N) is 1. The second-order valence-electron chi connectivity index (χ2n) is 1.97. The molecule has 0 aliphatic carbocycles. The van der Waals surface area contributed by atoms with E-state index < -0.39 is 0 Å². The number of aldehydes is 1. The number of pyridine rings is 1. The minimum Gasteiger partial charge on any atom is -0.398 e. The molecular weight excluding hydrogens is 160 g/mol. The molecule has 1 aromatic heterocycles. The number of rotatable bonds is 2. The Morgan fingerprint density at radius 2 is 2.45 bits per heavy atom. The van der Waals surface area contributed by atoms with E-state index in [0.717, 1.165) is 5.03 Å². The highest BCUT2D eigenvalue weighted by Crippen LogP contribution is 2.16. The van der Waals surface area contributed by atoms with E-state index in [1.54, 1.807) is 6.07 Å². The van der Waals surface area contributed by atoms with Gasteiger partial charge in [0.2, 0.25) is 0 Å². The average Bonchev–Trinajstić information content (AvgIpc) is 2.04. The van der Waals surface area contributed by atoms with Gasteiger partial charge in [-0.3, -0.25) is 4.79 Å². The number of carbonyl (C=O) groups excluding carboxylic acids is 1. The molecule has 58 valence electrons. The highest BCUT2D eigenvalue weighted by Gasteiger charge is 1.98. The molecule has 0 aromatic carbocycles. The first-order valence-corrected chi connectivity index (χ1v) is 4.25. The van der Waals surface area contributed by atoms with Gasteiger partial charge in [0.1, 0.15) is 0 Å². The van der Waals surface area contributed by atoms with Crippen molar-refractivity contribution in [1.82, 2.24) is 4.98 Å². The van der Waals surface area contributed by atoms with Crippen molar-refractivity contribution in [2.75, 3.05) is 12.0 Å². The molecule has 0 radical (unpaired) electrons. The Morgan fingerprint density at radius 1 is 1.73 bits per heavy atom. The zero-order chi connectivity index (χ0) is 8.27. The molecule has 0 atom stereocenters. The van der Waals surface area contributed by atoms with Crippen molar-refractivity contribution in [3.63, 3.8) is 0 Å². The predicted molar refractivity (Wildman–Crippen MR) is 45.8 cm³/mol. The summed E-state index contributed by atoms with van der Waals surface area (Å²) in [6.45, 7) is 0. The molecule has 0 unspecified atom stereocenters. The molecule has 0 fully saturated rings. The molecule has 1 rings (SSSR count). The third-order valence-electron chi connectivity index (χ3n) is 1.28. The van der Waals surface area contributed by atoms with E-state index in [-0.39, 0.29) is 0 Å². The quantitative estimate of drug-likeness (QED) is 0.532. The maximum atomic E-state index is 10.3. The summed E-state index contributed by atoms with van der Waals surface area (Å²) in [7, 11) is 0. The summed E-state index contributed by atoms with van der Waals surface area (Å²) in [5.74, 6) is 0. The molecule has 0 saturated heterocycles. The van der Waals surface area contributed by atoms with E-state index in [1.165, 1.54) is 18.0 Å². The number of carbonyl (C=O) groups is 1. The minimum absolute atomic E-state index is 0.447. The van der Waals surface area contributed by atoms with E-state index in [4.69, 9.17) is 5.73 Å². The molecule has 11 heavy (non-hydrogen) atoms. The van der Waals surface area contributed by atoms with Crippen LogP contribution in [0, 0.1) is 0 Å². The second kappa shape index (κ2) is 3.39. The molecule has 0 saturated carbocycles. The molecule has 2 N–H and O–H groups in total. The van der Waals surface area contributed by atoms with Gasteiger partial charge in [0.25, 0.3) is 0 Å². The molecule has 4 heteroatoms. The number of hydrogen-bond acceptors (Lipinski definition) is 4. The van der Waals surface area contributed by atoms with Crippen molar-refractivity contribution >= 4 is 23.7 Å². The van der Waals surface area contributed by atoms with Crippen molar-refractivity contribution in [3.8, 4) is 0 Å². The number of aromatic nitrogens is 1. The van der Waals surface area contributed by atoms with Crippen molar-refractivity contribution < 1.29 is 4.79 Å². The lowest BCUT2D eigenvalue weighted by molar-refractivity contribution is 0.112. The highest BCUT2D eigenvalue weighted by atomic mass is 32.2. The Labute approximate surface area is 69.0 Å². The summed E-state index contributed by atoms with van der Waals surface area (Å²) < 4.78 is 0. The number of nitrogen functional groups attached to an aromatic ring is 1. The van der Waals surface area contributed by atoms with Crippen LogP contribution < -0.4 is 5.73 Å². The lowest BCUT2D eigenvalue weighted by atomic mass is 10.3. The van der Waals surface area contributed by atoms with Crippen LogP contribution in [0.5, 0.6) is 0 Å². The van der Waals surface area contributed by atoms with E-state index in [9.17, 15) is 4.79 Å². The van der Waals surface area contributed by atoms with Gasteiger partial charge in [0.15, 0.2) is 6.29 Å². The van der Waals surface area contributed by atoms with Crippen molar-refractivity contribution in [3.05, 3.63) is 17.8 Å². The predicted octanol–water partition coefficient (Wildman–Crippen LogP) is 1.20. The SMILES string of the molecule is CSc1cc(N)c(C=O)cn1. The summed E-state index contributed by atoms with van der Waals surface area (Å²) in [4.78, 5) is 14.3. The second-order valence-corrected chi connectivity index (χ2v) is 2.80. The minimum atomic E-state index is 0.447. The van der Waals surface area contributed by atoms with Gasteiger partial charge < -0.3 is 5.73 Å². The van der Waals surface area contributed by atoms with Crippen LogP contribution in [-0.4, -0.2) is 17.5 Å². The van der Waals surface area contributed by atoms with Crippen LogP contribution >= 0.6 is 11.8 Å². The molecule has 0 aliphatic heterocycles. The zero-order valence-corrected chi connectivity index (χ0v) is 6.89. The van der Waals surface area contributed by atoms with Crippen LogP contribution in [0.2, 0.25) is 0 Å². The molecule has 1 aromatic rings. The Bertz CT molecular complexity index is 275. The van der Waals surface area contributed by atoms with Crippen molar-refractivity contribution in [2.45, 2.75) is 5.03 Å². The van der Waals surface area contributed by atoms with Gasteiger partial charge in [-0.25, -0.2) is 4.98 Å². The lowest BCUT2D eigenvalue weighted by Gasteiger charge is -1.98. The normalized spacial score (nSPS) is 9.55. The Morgan fingerprint density at radius 3 is 2.91 bits per heavy atom. The van der Waals surface area contributed by atoms with Crippen LogP contribution in [0.25, 0.3) is 0 Å². The Balaban J connectivity index is 3.09. The van der Waals surface area contributed by atoms with Crippen molar-refractivity contribution in [1.29, 1.82) is 0 Å². The molecule has 3 nitrogen and oxygen atoms in total. The van der Waals surface area contributed by atoms with Gasteiger partial charge in [0.05, 0.1) is 10.6 Å². The molecule has 0 spiro atoms. The van der Waals surface area contributed by atoms with Crippen LogP contribution in [0.1, 0.15) is 10.4 Å². The maximum Gasteiger partial charge on any atom is 0.153 e. The first-order chi connectivity index (χ1) is 5.27. The molecule has 1 heterocycles. The van der Waals surface area contributed by atoms with E-state index in [1.807, 2.05) is 6.26 Å². The monoisotopic (exact) mass is 168 g/mol. The summed E-state index contributed by atoms with van der Waals surface area (Å²) in [6, 6.07) is 1.69. The number of nitrogens with two attached hydrogens (primary N) is 1. The fourth-order valence-corrected chi connectivity index (χ4v) is 1.07. The molecule has 0 amide bonds. The third-order valence-corrected chi connectivity index (χ3v) is 1.92. The summed E-state index contributed by atoms with van der Waals surface area (Å²) >= 11 is 1.50. The van der Waals surface area contributed by atoms with Gasteiger partial charge in [-0.1, -0.05) is 0 Å². The first-order valence-electron chi connectivity index (χ1n) is 3.02. The summed E-state index contributed by atoms with van der Waals surface area (Å²) in [5.41, 5.74) is 6.46. The van der Waals surface area contributed by atoms with Crippen LogP contribution in [0.15, 0.2) is 17.3 Å². The van der Waals surface area contributed by atoms with Crippen LogP contribution in [0.4, 0.5) is 5.69 Å². The standard InChI is InChI=1S/C7H8N2OS/c1-11-7-2-6(8)5(4-10)3-9-7/h2-4H,1H3,(H2,8,9). The third kappa shape index (κ3) is 1.71. The van der Waals surface area contributed by atoms with E-state index >= 15 is 0 Å². The Hall–Kier alpha value is -1.03. The van der Waals surface area contributed by atoms with E-state index in [2.05, 4.69) is 4.98 Å². The lowest BCUT2D eigenvalue weighted by Crippen LogP contribution is -1.94. The summed E-state index contributed by atoms with van der Waals surface area (Å²) in [5, 5.41) is 0.827. The largest absolute Gasteiger partial charge is 0.398 e. The van der Waals surface area contributed by atoms with Gasteiger partial charge in [-0.05, 0) is 12.3 Å². The fourth-order valence-electron chi connectivity index (χ4n) is 0.671. The smallest absolute Gasteiger partial charge is 0.153 e.